The topological polar surface area (TPSA) is 34.1 Å². The average molecular weight is 247 g/mol. The van der Waals surface area contributed by atoms with Crippen molar-refractivity contribution >= 4 is 11.6 Å². The number of halogens is 6. The number of alkyl halides is 6. The third-order valence-electron chi connectivity index (χ3n) is 2.26. The van der Waals surface area contributed by atoms with Gasteiger partial charge in [-0.2, -0.15) is 26.3 Å². The van der Waals surface area contributed by atoms with Gasteiger partial charge in [0.05, 0.1) is 0 Å². The van der Waals surface area contributed by atoms with Gasteiger partial charge in [-0.1, -0.05) is 6.92 Å². The fourth-order valence-electron chi connectivity index (χ4n) is 1.29. The van der Waals surface area contributed by atoms with Crippen molar-refractivity contribution in [3.05, 3.63) is 5.92 Å². The Labute approximate surface area is 85.6 Å². The Morgan fingerprint density at radius 3 is 1.44 bits per heavy atom. The van der Waals surface area contributed by atoms with E-state index in [9.17, 15) is 35.9 Å². The number of ketones is 2. The van der Waals surface area contributed by atoms with E-state index in [-0.39, 0.29) is 0 Å². The third kappa shape index (κ3) is 1.21. The van der Waals surface area contributed by atoms with Crippen molar-refractivity contribution < 1.29 is 35.9 Å². The van der Waals surface area contributed by atoms with Gasteiger partial charge in [-0.3, -0.25) is 9.59 Å². The molecule has 0 aliphatic heterocycles. The predicted molar refractivity (Wildman–Crippen MR) is 38.4 cm³/mol. The molecule has 1 rings (SSSR count). The zero-order valence-electron chi connectivity index (χ0n) is 7.79. The fourth-order valence-corrected chi connectivity index (χ4v) is 1.29. The highest BCUT2D eigenvalue weighted by atomic mass is 19.3. The van der Waals surface area contributed by atoms with Crippen LogP contribution in [-0.4, -0.2) is 29.3 Å². The molecule has 91 valence electrons. The predicted octanol–water partition coefficient (Wildman–Crippen LogP) is 2.03. The summed E-state index contributed by atoms with van der Waals surface area (Å²) in [6.07, 6.45) is -0.751. The molecule has 16 heavy (non-hydrogen) atoms. The second kappa shape index (κ2) is 3.21. The summed E-state index contributed by atoms with van der Waals surface area (Å²) >= 11 is 0. The summed E-state index contributed by atoms with van der Waals surface area (Å²) in [6.45, 7) is 0.973. The van der Waals surface area contributed by atoms with E-state index in [0.29, 0.717) is 0 Å². The maximum atomic E-state index is 12.7. The van der Waals surface area contributed by atoms with Crippen LogP contribution in [0.1, 0.15) is 13.3 Å². The van der Waals surface area contributed by atoms with E-state index in [0.717, 1.165) is 6.92 Å². The first kappa shape index (κ1) is 13.0. The Morgan fingerprint density at radius 1 is 0.875 bits per heavy atom. The molecule has 0 amide bonds. The van der Waals surface area contributed by atoms with Gasteiger partial charge < -0.3 is 0 Å². The SMILES string of the molecule is CC[C]1C(=O)C(F)(F)C(F)(F)C(F)(F)C1=O. The highest BCUT2D eigenvalue weighted by molar-refractivity contribution is 6.24. The van der Waals surface area contributed by atoms with E-state index in [2.05, 4.69) is 0 Å². The minimum absolute atomic E-state index is 0.751. The first-order chi connectivity index (χ1) is 7.01. The largest absolute Gasteiger partial charge is 0.386 e. The molecule has 0 heterocycles. The van der Waals surface area contributed by atoms with Crippen molar-refractivity contribution in [3.63, 3.8) is 0 Å². The summed E-state index contributed by atoms with van der Waals surface area (Å²) in [6, 6.07) is 0. The highest BCUT2D eigenvalue weighted by Gasteiger charge is 2.82. The van der Waals surface area contributed by atoms with Gasteiger partial charge in [0, 0.05) is 0 Å². The van der Waals surface area contributed by atoms with E-state index >= 15 is 0 Å². The molecule has 1 fully saturated rings. The zero-order chi connectivity index (χ0) is 12.9. The van der Waals surface area contributed by atoms with Gasteiger partial charge in [0.2, 0.25) is 11.6 Å². The Bertz CT molecular complexity index is 318. The van der Waals surface area contributed by atoms with Gasteiger partial charge in [-0.15, -0.1) is 0 Å². The Balaban J connectivity index is 3.40. The number of Topliss-reactive ketones (excluding diaryl/α,β-unsaturated/α-hetero) is 2. The molecular formula is C8H5F6O2. The lowest BCUT2D eigenvalue weighted by atomic mass is 9.77. The molecule has 0 spiro atoms. The van der Waals surface area contributed by atoms with E-state index < -0.39 is 41.7 Å². The van der Waals surface area contributed by atoms with Crippen LogP contribution in [0.5, 0.6) is 0 Å². The molecule has 0 aromatic rings. The summed E-state index contributed by atoms with van der Waals surface area (Å²) < 4.78 is 76.1. The summed E-state index contributed by atoms with van der Waals surface area (Å²) in [4.78, 5) is 21.5. The molecule has 2 nitrogen and oxygen atoms in total. The van der Waals surface area contributed by atoms with Crippen molar-refractivity contribution in [2.75, 3.05) is 0 Å². The van der Waals surface area contributed by atoms with Gasteiger partial charge in [0.15, 0.2) is 0 Å². The monoisotopic (exact) mass is 247 g/mol. The van der Waals surface area contributed by atoms with Crippen LogP contribution in [-0.2, 0) is 9.59 Å². The second-order valence-corrected chi connectivity index (χ2v) is 3.21. The van der Waals surface area contributed by atoms with Crippen LogP contribution in [0.25, 0.3) is 0 Å². The average Bonchev–Trinajstić information content (AvgIpc) is 2.16. The van der Waals surface area contributed by atoms with E-state index in [1.165, 1.54) is 0 Å². The van der Waals surface area contributed by atoms with Crippen LogP contribution in [0.3, 0.4) is 0 Å². The normalized spacial score (nSPS) is 28.2. The van der Waals surface area contributed by atoms with E-state index in [1.807, 2.05) is 0 Å². The van der Waals surface area contributed by atoms with Crippen molar-refractivity contribution in [3.8, 4) is 0 Å². The van der Waals surface area contributed by atoms with Crippen LogP contribution in [0, 0.1) is 5.92 Å². The molecule has 1 aliphatic rings. The van der Waals surface area contributed by atoms with Crippen molar-refractivity contribution in [2.45, 2.75) is 31.1 Å². The summed E-state index contributed by atoms with van der Waals surface area (Å²) in [7, 11) is 0. The molecule has 0 aromatic heterocycles. The number of carbonyl (C=O) groups excluding carboxylic acids is 2. The smallest absolute Gasteiger partial charge is 0.291 e. The summed E-state index contributed by atoms with van der Waals surface area (Å²) in [5.74, 6) is -23.7. The lowest BCUT2D eigenvalue weighted by Gasteiger charge is -2.37. The van der Waals surface area contributed by atoms with Gasteiger partial charge in [-0.25, -0.2) is 0 Å². The molecule has 0 aromatic carbocycles. The van der Waals surface area contributed by atoms with Crippen LogP contribution in [0.4, 0.5) is 26.3 Å². The fraction of sp³-hybridized carbons (Fsp3) is 0.625. The van der Waals surface area contributed by atoms with Crippen LogP contribution in [0.2, 0.25) is 0 Å². The standard InChI is InChI=1S/C8H5F6O2/c1-2-3-4(15)6(9,10)8(13,14)7(11,12)5(3)16/h2H2,1H3. The van der Waals surface area contributed by atoms with Crippen molar-refractivity contribution in [1.82, 2.24) is 0 Å². The van der Waals surface area contributed by atoms with E-state index in [4.69, 9.17) is 0 Å². The molecule has 0 atom stereocenters. The first-order valence-electron chi connectivity index (χ1n) is 4.10. The molecule has 1 aliphatic carbocycles. The molecule has 0 unspecified atom stereocenters. The van der Waals surface area contributed by atoms with Gasteiger partial charge >= 0.3 is 17.8 Å². The molecule has 1 saturated carbocycles. The number of rotatable bonds is 1. The van der Waals surface area contributed by atoms with Crippen LogP contribution in [0.15, 0.2) is 0 Å². The number of hydrogen-bond donors (Lipinski definition) is 0. The number of carbonyl (C=O) groups is 2. The highest BCUT2D eigenvalue weighted by Crippen LogP contribution is 2.53. The molecule has 0 N–H and O–H groups in total. The Hall–Kier alpha value is -1.08. The van der Waals surface area contributed by atoms with Crippen LogP contribution >= 0.6 is 0 Å². The lowest BCUT2D eigenvalue weighted by Crippen LogP contribution is -2.68. The maximum absolute atomic E-state index is 12.7. The third-order valence-corrected chi connectivity index (χ3v) is 2.26. The molecular weight excluding hydrogens is 242 g/mol. The summed E-state index contributed by atoms with van der Waals surface area (Å²) in [5.41, 5.74) is 0. The minimum atomic E-state index is -5.99. The maximum Gasteiger partial charge on any atom is 0.386 e. The van der Waals surface area contributed by atoms with Gasteiger partial charge in [0.25, 0.3) is 0 Å². The van der Waals surface area contributed by atoms with Crippen molar-refractivity contribution in [1.29, 1.82) is 0 Å². The zero-order valence-corrected chi connectivity index (χ0v) is 7.79. The Kier molecular flexibility index (Phi) is 2.60. The summed E-state index contributed by atoms with van der Waals surface area (Å²) in [5, 5.41) is 0. The quantitative estimate of drug-likeness (QED) is 0.664. The number of hydrogen-bond acceptors (Lipinski definition) is 2. The molecule has 8 heteroatoms. The lowest BCUT2D eigenvalue weighted by molar-refractivity contribution is -0.291. The first-order valence-corrected chi connectivity index (χ1v) is 4.10. The van der Waals surface area contributed by atoms with Gasteiger partial charge in [-0.05, 0) is 6.42 Å². The van der Waals surface area contributed by atoms with Crippen molar-refractivity contribution in [2.24, 2.45) is 0 Å². The molecule has 0 saturated heterocycles. The Morgan fingerprint density at radius 2 is 1.19 bits per heavy atom. The molecule has 0 bridgehead atoms. The second-order valence-electron chi connectivity index (χ2n) is 3.21. The molecule has 1 radical (unpaired) electrons. The minimum Gasteiger partial charge on any atom is -0.291 e. The van der Waals surface area contributed by atoms with E-state index in [1.54, 1.807) is 0 Å². The van der Waals surface area contributed by atoms with Crippen LogP contribution < -0.4 is 0 Å². The van der Waals surface area contributed by atoms with Gasteiger partial charge in [0.1, 0.15) is 5.92 Å².